The number of rotatable bonds is 5. The van der Waals surface area contributed by atoms with Crippen LogP contribution in [0, 0.1) is 0 Å². The summed E-state index contributed by atoms with van der Waals surface area (Å²) < 4.78 is 4.81. The number of nitrogens with zero attached hydrogens (tertiary/aromatic N) is 2. The molecule has 2 aromatic heterocycles. The lowest BCUT2D eigenvalue weighted by molar-refractivity contribution is 0.0526. The van der Waals surface area contributed by atoms with E-state index in [9.17, 15) is 9.59 Å². The number of hydrogen-bond acceptors (Lipinski definition) is 7. The number of amides is 1. The van der Waals surface area contributed by atoms with Crippen molar-refractivity contribution in [3.63, 3.8) is 0 Å². The van der Waals surface area contributed by atoms with Crippen molar-refractivity contribution in [2.24, 2.45) is 0 Å². The molecule has 0 saturated carbocycles. The molecule has 1 amide bonds. The Kier molecular flexibility index (Phi) is 4.58. The summed E-state index contributed by atoms with van der Waals surface area (Å²) in [5.41, 5.74) is 0.213. The van der Waals surface area contributed by atoms with Crippen molar-refractivity contribution in [2.75, 3.05) is 6.61 Å². The van der Waals surface area contributed by atoms with Gasteiger partial charge in [-0.25, -0.2) is 14.8 Å². The van der Waals surface area contributed by atoms with E-state index in [4.69, 9.17) is 4.74 Å². The summed E-state index contributed by atoms with van der Waals surface area (Å²) in [4.78, 5) is 31.2. The maximum absolute atomic E-state index is 11.8. The Bertz CT molecular complexity index is 566. The van der Waals surface area contributed by atoms with Crippen LogP contribution in [0.25, 0.3) is 0 Å². The summed E-state index contributed by atoms with van der Waals surface area (Å²) in [6.07, 6.45) is 1.67. The van der Waals surface area contributed by atoms with Crippen LogP contribution in [0.2, 0.25) is 0 Å². The van der Waals surface area contributed by atoms with E-state index in [1.54, 1.807) is 13.1 Å². The quantitative estimate of drug-likeness (QED) is 0.850. The maximum atomic E-state index is 11.8. The first kappa shape index (κ1) is 13.6. The Morgan fingerprint density at radius 1 is 1.42 bits per heavy atom. The molecule has 0 radical (unpaired) electrons. The van der Waals surface area contributed by atoms with Crippen LogP contribution >= 0.6 is 22.7 Å². The first-order chi connectivity index (χ1) is 9.20. The van der Waals surface area contributed by atoms with E-state index in [2.05, 4.69) is 15.3 Å². The van der Waals surface area contributed by atoms with Crippen molar-refractivity contribution in [3.8, 4) is 0 Å². The van der Waals surface area contributed by atoms with E-state index < -0.39 is 5.97 Å². The van der Waals surface area contributed by atoms with Crippen molar-refractivity contribution in [2.45, 2.75) is 13.5 Å². The lowest BCUT2D eigenvalue weighted by Gasteiger charge is -1.99. The van der Waals surface area contributed by atoms with Gasteiger partial charge in [-0.05, 0) is 6.92 Å². The Morgan fingerprint density at radius 2 is 2.26 bits per heavy atom. The Balaban J connectivity index is 1.94. The molecule has 2 heterocycles. The minimum Gasteiger partial charge on any atom is -0.461 e. The molecule has 1 N–H and O–H groups in total. The molecule has 0 fully saturated rings. The SMILES string of the molecule is CCOC(=O)c1nc(C(=O)NCc2nccs2)cs1. The number of hydrogen-bond donors (Lipinski definition) is 1. The summed E-state index contributed by atoms with van der Waals surface area (Å²) in [5.74, 6) is -0.839. The van der Waals surface area contributed by atoms with Crippen LogP contribution < -0.4 is 5.32 Å². The Labute approximate surface area is 117 Å². The van der Waals surface area contributed by atoms with Crippen LogP contribution in [0.1, 0.15) is 32.2 Å². The summed E-state index contributed by atoms with van der Waals surface area (Å²) in [7, 11) is 0. The van der Waals surface area contributed by atoms with Gasteiger partial charge in [-0.2, -0.15) is 0 Å². The molecule has 2 rings (SSSR count). The van der Waals surface area contributed by atoms with Gasteiger partial charge in [0.2, 0.25) is 5.01 Å². The summed E-state index contributed by atoms with van der Waals surface area (Å²) in [6.45, 7) is 2.35. The Morgan fingerprint density at radius 3 is 2.95 bits per heavy atom. The maximum Gasteiger partial charge on any atom is 0.367 e. The van der Waals surface area contributed by atoms with Crippen molar-refractivity contribution in [1.29, 1.82) is 0 Å². The molecule has 0 spiro atoms. The van der Waals surface area contributed by atoms with Crippen LogP contribution in [-0.4, -0.2) is 28.5 Å². The number of nitrogens with one attached hydrogen (secondary N) is 1. The summed E-state index contributed by atoms with van der Waals surface area (Å²) in [6, 6.07) is 0. The second-order valence-electron chi connectivity index (χ2n) is 3.37. The molecular formula is C11H11N3O3S2. The molecule has 19 heavy (non-hydrogen) atoms. The van der Waals surface area contributed by atoms with Crippen molar-refractivity contribution < 1.29 is 14.3 Å². The number of carbonyl (C=O) groups is 2. The minimum atomic E-state index is -0.508. The molecule has 6 nitrogen and oxygen atoms in total. The molecule has 2 aromatic rings. The Hall–Kier alpha value is -1.80. The summed E-state index contributed by atoms with van der Waals surface area (Å²) in [5, 5.41) is 7.05. The molecule has 0 saturated heterocycles. The van der Waals surface area contributed by atoms with Crippen LogP contribution in [0.5, 0.6) is 0 Å². The van der Waals surface area contributed by atoms with Gasteiger partial charge >= 0.3 is 5.97 Å². The van der Waals surface area contributed by atoms with E-state index in [0.717, 1.165) is 16.3 Å². The predicted octanol–water partition coefficient (Wildman–Crippen LogP) is 1.71. The topological polar surface area (TPSA) is 81.2 Å². The number of thiazole rings is 2. The zero-order valence-electron chi connectivity index (χ0n) is 10.1. The minimum absolute atomic E-state index is 0.182. The van der Waals surface area contributed by atoms with Gasteiger partial charge < -0.3 is 10.1 Å². The van der Waals surface area contributed by atoms with Crippen LogP contribution in [0.15, 0.2) is 17.0 Å². The molecular weight excluding hydrogens is 286 g/mol. The standard InChI is InChI=1S/C11H11N3O3S2/c1-2-17-11(16)10-14-7(6-19-10)9(15)13-5-8-12-3-4-18-8/h3-4,6H,2,5H2,1H3,(H,13,15). The fourth-order valence-electron chi connectivity index (χ4n) is 1.25. The van der Waals surface area contributed by atoms with E-state index in [-0.39, 0.29) is 23.2 Å². The number of aromatic nitrogens is 2. The monoisotopic (exact) mass is 297 g/mol. The average molecular weight is 297 g/mol. The normalized spacial score (nSPS) is 10.2. The highest BCUT2D eigenvalue weighted by Crippen LogP contribution is 2.11. The van der Waals surface area contributed by atoms with E-state index in [0.29, 0.717) is 6.54 Å². The van der Waals surface area contributed by atoms with E-state index in [1.807, 2.05) is 5.38 Å². The van der Waals surface area contributed by atoms with Gasteiger partial charge in [0.1, 0.15) is 10.7 Å². The van der Waals surface area contributed by atoms with Crippen molar-refractivity contribution in [3.05, 3.63) is 32.7 Å². The third-order valence-electron chi connectivity index (χ3n) is 2.07. The predicted molar refractivity (Wildman–Crippen MR) is 71.4 cm³/mol. The third kappa shape index (κ3) is 3.58. The lowest BCUT2D eigenvalue weighted by Crippen LogP contribution is -2.23. The van der Waals surface area contributed by atoms with E-state index >= 15 is 0 Å². The van der Waals surface area contributed by atoms with Crippen LogP contribution in [0.3, 0.4) is 0 Å². The molecule has 0 bridgehead atoms. The molecule has 0 aliphatic rings. The smallest absolute Gasteiger partial charge is 0.367 e. The second-order valence-corrected chi connectivity index (χ2v) is 5.20. The van der Waals surface area contributed by atoms with Gasteiger partial charge in [-0.1, -0.05) is 0 Å². The fraction of sp³-hybridized carbons (Fsp3) is 0.273. The highest BCUT2D eigenvalue weighted by atomic mass is 32.1. The van der Waals surface area contributed by atoms with Gasteiger partial charge in [0.05, 0.1) is 13.2 Å². The second kappa shape index (κ2) is 6.39. The molecule has 0 aromatic carbocycles. The molecule has 0 unspecified atom stereocenters. The van der Waals surface area contributed by atoms with Gasteiger partial charge in [-0.3, -0.25) is 4.79 Å². The number of carbonyl (C=O) groups excluding carboxylic acids is 2. The van der Waals surface area contributed by atoms with Gasteiger partial charge in [0.15, 0.2) is 0 Å². The lowest BCUT2D eigenvalue weighted by atomic mass is 10.4. The molecule has 0 atom stereocenters. The van der Waals surface area contributed by atoms with Crippen molar-refractivity contribution >= 4 is 34.6 Å². The number of esters is 1. The number of ether oxygens (including phenoxy) is 1. The molecule has 0 aliphatic heterocycles. The highest BCUT2D eigenvalue weighted by molar-refractivity contribution is 7.11. The third-order valence-corrected chi connectivity index (χ3v) is 3.67. The van der Waals surface area contributed by atoms with Crippen LogP contribution in [0.4, 0.5) is 0 Å². The highest BCUT2D eigenvalue weighted by Gasteiger charge is 2.16. The zero-order chi connectivity index (χ0) is 13.7. The van der Waals surface area contributed by atoms with Gasteiger partial charge in [-0.15, -0.1) is 22.7 Å². The van der Waals surface area contributed by atoms with E-state index in [1.165, 1.54) is 16.7 Å². The average Bonchev–Trinajstić information content (AvgIpc) is 3.07. The van der Waals surface area contributed by atoms with Gasteiger partial charge in [0, 0.05) is 17.0 Å². The zero-order valence-corrected chi connectivity index (χ0v) is 11.7. The first-order valence-corrected chi connectivity index (χ1v) is 7.26. The summed E-state index contributed by atoms with van der Waals surface area (Å²) >= 11 is 2.55. The largest absolute Gasteiger partial charge is 0.461 e. The van der Waals surface area contributed by atoms with Crippen molar-refractivity contribution in [1.82, 2.24) is 15.3 Å². The molecule has 0 aliphatic carbocycles. The van der Waals surface area contributed by atoms with Gasteiger partial charge in [0.25, 0.3) is 5.91 Å². The molecule has 100 valence electrons. The molecule has 8 heteroatoms. The van der Waals surface area contributed by atoms with Crippen LogP contribution in [-0.2, 0) is 11.3 Å². The fourth-order valence-corrected chi connectivity index (χ4v) is 2.50. The first-order valence-electron chi connectivity index (χ1n) is 5.50.